The van der Waals surface area contributed by atoms with Crippen molar-refractivity contribution in [1.29, 1.82) is 0 Å². The molecule has 0 aliphatic heterocycles. The van der Waals surface area contributed by atoms with Crippen molar-refractivity contribution in [2.24, 2.45) is 0 Å². The molecular weight excluding hydrogens is 446 g/mol. The summed E-state index contributed by atoms with van der Waals surface area (Å²) >= 11 is 0. The van der Waals surface area contributed by atoms with E-state index in [1.54, 1.807) is 23.2 Å². The zero-order chi connectivity index (χ0) is 24.0. The van der Waals surface area contributed by atoms with Crippen LogP contribution in [0.15, 0.2) is 84.0 Å². The van der Waals surface area contributed by atoms with Crippen molar-refractivity contribution < 1.29 is 14.0 Å². The molecule has 0 fully saturated rings. The van der Waals surface area contributed by atoms with Crippen LogP contribution in [0.4, 0.5) is 0 Å². The van der Waals surface area contributed by atoms with Gasteiger partial charge in [0.25, 0.3) is 11.8 Å². The lowest BCUT2D eigenvalue weighted by Gasteiger charge is -2.10. The van der Waals surface area contributed by atoms with Crippen LogP contribution < -0.4 is 10.6 Å². The molecule has 2 amide bonds. The average molecular weight is 467 g/mol. The van der Waals surface area contributed by atoms with Crippen molar-refractivity contribution in [3.8, 4) is 11.3 Å². The standard InChI is InChI=1S/C25H21N7O3/c33-24(28-10-11-29-25(34)22-15-26-8-9-27-22)19-13-21(17-5-2-1-3-6-17)31-23-20(19)14-30-32(23)16-18-7-4-12-35-18/h1-9,12-15H,10-11,16H2,(H,28,33)(H,29,34). The van der Waals surface area contributed by atoms with Gasteiger partial charge in [0.1, 0.15) is 18.0 Å². The van der Waals surface area contributed by atoms with Gasteiger partial charge in [0, 0.05) is 31.0 Å². The van der Waals surface area contributed by atoms with Gasteiger partial charge in [-0.2, -0.15) is 5.10 Å². The highest BCUT2D eigenvalue weighted by Crippen LogP contribution is 2.25. The summed E-state index contributed by atoms with van der Waals surface area (Å²) in [6.45, 7) is 0.853. The maximum absolute atomic E-state index is 13.2. The molecule has 0 radical (unpaired) electrons. The summed E-state index contributed by atoms with van der Waals surface area (Å²) in [4.78, 5) is 37.9. The van der Waals surface area contributed by atoms with Gasteiger partial charge < -0.3 is 15.1 Å². The first-order valence-electron chi connectivity index (χ1n) is 11.0. The lowest BCUT2D eigenvalue weighted by atomic mass is 10.1. The van der Waals surface area contributed by atoms with E-state index in [0.29, 0.717) is 28.8 Å². The predicted molar refractivity (Wildman–Crippen MR) is 127 cm³/mol. The molecule has 4 heterocycles. The van der Waals surface area contributed by atoms with Crippen molar-refractivity contribution >= 4 is 22.8 Å². The van der Waals surface area contributed by atoms with Crippen LogP contribution in [-0.4, -0.2) is 49.6 Å². The van der Waals surface area contributed by atoms with Crippen LogP contribution >= 0.6 is 0 Å². The number of benzene rings is 1. The summed E-state index contributed by atoms with van der Waals surface area (Å²) in [6, 6.07) is 15.1. The number of nitrogens with zero attached hydrogens (tertiary/aromatic N) is 5. The molecule has 2 N–H and O–H groups in total. The summed E-state index contributed by atoms with van der Waals surface area (Å²) in [5, 5.41) is 10.6. The lowest BCUT2D eigenvalue weighted by molar-refractivity contribution is 0.0925. The zero-order valence-electron chi connectivity index (χ0n) is 18.6. The molecule has 0 unspecified atom stereocenters. The van der Waals surface area contributed by atoms with Gasteiger partial charge in [-0.3, -0.25) is 14.6 Å². The SMILES string of the molecule is O=C(NCCNC(=O)c1cc(-c2ccccc2)nc2c1cnn2Cc1ccco1)c1cnccn1. The maximum atomic E-state index is 13.2. The fourth-order valence-corrected chi connectivity index (χ4v) is 3.61. The molecule has 0 aliphatic rings. The Bertz CT molecular complexity index is 1450. The molecular formula is C25H21N7O3. The second-order valence-electron chi connectivity index (χ2n) is 7.64. The minimum atomic E-state index is -0.357. The van der Waals surface area contributed by atoms with Gasteiger partial charge >= 0.3 is 0 Å². The molecule has 4 aromatic heterocycles. The molecule has 0 atom stereocenters. The number of carbonyl (C=O) groups is 2. The first kappa shape index (κ1) is 22.0. The van der Waals surface area contributed by atoms with Crippen molar-refractivity contribution in [2.75, 3.05) is 13.1 Å². The number of fused-ring (bicyclic) bond motifs is 1. The van der Waals surface area contributed by atoms with Crippen molar-refractivity contribution in [3.05, 3.63) is 96.6 Å². The number of hydrogen-bond donors (Lipinski definition) is 2. The normalized spacial score (nSPS) is 10.9. The molecule has 0 saturated heterocycles. The lowest BCUT2D eigenvalue weighted by Crippen LogP contribution is -2.35. The molecule has 5 aromatic rings. The van der Waals surface area contributed by atoms with E-state index in [-0.39, 0.29) is 30.6 Å². The number of hydrogen-bond acceptors (Lipinski definition) is 7. The molecule has 35 heavy (non-hydrogen) atoms. The van der Waals surface area contributed by atoms with E-state index >= 15 is 0 Å². The molecule has 0 spiro atoms. The number of amides is 2. The van der Waals surface area contributed by atoms with E-state index in [0.717, 1.165) is 11.3 Å². The van der Waals surface area contributed by atoms with Crippen LogP contribution in [0.2, 0.25) is 0 Å². The quantitative estimate of drug-likeness (QED) is 0.336. The second-order valence-corrected chi connectivity index (χ2v) is 7.64. The van der Waals surface area contributed by atoms with Crippen LogP contribution in [0.5, 0.6) is 0 Å². The molecule has 0 aliphatic carbocycles. The first-order valence-corrected chi connectivity index (χ1v) is 11.0. The highest BCUT2D eigenvalue weighted by atomic mass is 16.3. The third kappa shape index (κ3) is 4.91. The summed E-state index contributed by atoms with van der Waals surface area (Å²) in [5.41, 5.74) is 2.76. The summed E-state index contributed by atoms with van der Waals surface area (Å²) in [6.07, 6.45) is 7.55. The molecule has 0 saturated carbocycles. The first-order chi connectivity index (χ1) is 17.2. The predicted octanol–water partition coefficient (Wildman–Crippen LogP) is 2.69. The van der Waals surface area contributed by atoms with E-state index in [1.165, 1.54) is 18.6 Å². The monoisotopic (exact) mass is 467 g/mol. The fourth-order valence-electron chi connectivity index (χ4n) is 3.61. The van der Waals surface area contributed by atoms with Gasteiger partial charge in [-0.05, 0) is 18.2 Å². The molecule has 1 aromatic carbocycles. The fraction of sp³-hybridized carbons (Fsp3) is 0.120. The molecule has 10 nitrogen and oxygen atoms in total. The molecule has 0 bridgehead atoms. The van der Waals surface area contributed by atoms with Gasteiger partial charge in [-0.15, -0.1) is 0 Å². The number of nitrogens with one attached hydrogen (secondary N) is 2. The van der Waals surface area contributed by atoms with E-state index in [2.05, 4.69) is 25.7 Å². The van der Waals surface area contributed by atoms with Crippen LogP contribution in [0.3, 0.4) is 0 Å². The Labute approximate surface area is 200 Å². The van der Waals surface area contributed by atoms with E-state index in [4.69, 9.17) is 9.40 Å². The van der Waals surface area contributed by atoms with Gasteiger partial charge in [-0.1, -0.05) is 30.3 Å². The van der Waals surface area contributed by atoms with Gasteiger partial charge in [0.2, 0.25) is 0 Å². The van der Waals surface area contributed by atoms with Crippen LogP contribution in [0.25, 0.3) is 22.3 Å². The smallest absolute Gasteiger partial charge is 0.271 e. The number of rotatable bonds is 8. The topological polar surface area (TPSA) is 128 Å². The minimum absolute atomic E-state index is 0.214. The van der Waals surface area contributed by atoms with E-state index in [1.807, 2.05) is 42.5 Å². The van der Waals surface area contributed by atoms with Gasteiger partial charge in [0.05, 0.1) is 35.3 Å². The highest BCUT2D eigenvalue weighted by molar-refractivity contribution is 6.06. The second kappa shape index (κ2) is 9.96. The zero-order valence-corrected chi connectivity index (χ0v) is 18.6. The number of carbonyl (C=O) groups excluding carboxylic acids is 2. The van der Waals surface area contributed by atoms with Crippen molar-refractivity contribution in [3.63, 3.8) is 0 Å². The number of aromatic nitrogens is 5. The Hall–Kier alpha value is -4.86. The number of pyridine rings is 1. The Morgan fingerprint density at radius 1 is 0.943 bits per heavy atom. The summed E-state index contributed by atoms with van der Waals surface area (Å²) in [7, 11) is 0. The maximum Gasteiger partial charge on any atom is 0.271 e. The van der Waals surface area contributed by atoms with Crippen molar-refractivity contribution in [1.82, 2.24) is 35.4 Å². The molecule has 174 valence electrons. The van der Waals surface area contributed by atoms with Crippen LogP contribution in [-0.2, 0) is 6.54 Å². The van der Waals surface area contributed by atoms with E-state index < -0.39 is 0 Å². The largest absolute Gasteiger partial charge is 0.467 e. The number of furan rings is 1. The Morgan fingerprint density at radius 3 is 2.51 bits per heavy atom. The minimum Gasteiger partial charge on any atom is -0.467 e. The van der Waals surface area contributed by atoms with Gasteiger partial charge in [0.15, 0.2) is 5.65 Å². The van der Waals surface area contributed by atoms with Crippen molar-refractivity contribution in [2.45, 2.75) is 6.54 Å². The average Bonchev–Trinajstić information content (AvgIpc) is 3.57. The van der Waals surface area contributed by atoms with Crippen LogP contribution in [0.1, 0.15) is 26.6 Å². The van der Waals surface area contributed by atoms with Crippen LogP contribution in [0, 0.1) is 0 Å². The Morgan fingerprint density at radius 2 is 1.77 bits per heavy atom. The van der Waals surface area contributed by atoms with E-state index in [9.17, 15) is 9.59 Å². The highest BCUT2D eigenvalue weighted by Gasteiger charge is 2.18. The third-order valence-corrected chi connectivity index (χ3v) is 5.30. The van der Waals surface area contributed by atoms with Gasteiger partial charge in [-0.25, -0.2) is 14.6 Å². The Balaban J connectivity index is 1.37. The summed E-state index contributed by atoms with van der Waals surface area (Å²) < 4.78 is 7.16. The molecule has 10 heteroatoms. The molecule has 5 rings (SSSR count). The summed E-state index contributed by atoms with van der Waals surface area (Å²) in [5.74, 6) is 0.0804. The Kier molecular flexibility index (Phi) is 6.25. The third-order valence-electron chi connectivity index (χ3n) is 5.30.